The molecule has 1 N–H and O–H groups in total. The smallest absolute Gasteiger partial charge is 0.335 e. The Balaban J connectivity index is 0.00000220. The monoisotopic (exact) mass is 292 g/mol. The molecular weight excluding hydrogens is 277 g/mol. The zero-order valence-electron chi connectivity index (χ0n) is 12.3. The summed E-state index contributed by atoms with van der Waals surface area (Å²) in [5, 5.41) is 17.0. The first kappa shape index (κ1) is 17.4. The van der Waals surface area contributed by atoms with Crippen molar-refractivity contribution in [3.8, 4) is 0 Å². The van der Waals surface area contributed by atoms with Crippen molar-refractivity contribution in [3.63, 3.8) is 0 Å². The zero-order chi connectivity index (χ0) is 14.5. The molecule has 0 aliphatic rings. The molecule has 0 aromatic heterocycles. The summed E-state index contributed by atoms with van der Waals surface area (Å²) in [5.74, 6) is -0.951. The molecule has 0 atom stereocenters. The fourth-order valence-corrected chi connectivity index (χ4v) is 1.60. The second kappa shape index (κ2) is 7.93. The number of hydrogen-bond donors (Lipinski definition) is 1. The quantitative estimate of drug-likeness (QED) is 0.693. The number of benzene rings is 2. The van der Waals surface area contributed by atoms with Gasteiger partial charge in [-0.05, 0) is 48.5 Å². The molecule has 0 bridgehead atoms. The van der Waals surface area contributed by atoms with Crippen molar-refractivity contribution in [1.82, 2.24) is 0 Å². The molecule has 0 spiro atoms. The zero-order valence-corrected chi connectivity index (χ0v) is 14.3. The van der Waals surface area contributed by atoms with Gasteiger partial charge in [-0.3, -0.25) is 0 Å². The van der Waals surface area contributed by atoms with Gasteiger partial charge >= 0.3 is 5.97 Å². The van der Waals surface area contributed by atoms with Gasteiger partial charge in [0, 0.05) is 49.3 Å². The minimum Gasteiger partial charge on any atom is -0.478 e. The van der Waals surface area contributed by atoms with Crippen LogP contribution in [0.4, 0.5) is 17.1 Å². The van der Waals surface area contributed by atoms with E-state index < -0.39 is 5.97 Å². The van der Waals surface area contributed by atoms with Crippen molar-refractivity contribution in [1.29, 1.82) is 0 Å². The van der Waals surface area contributed by atoms with Crippen LogP contribution >= 0.6 is 0 Å². The van der Waals surface area contributed by atoms with E-state index in [1.807, 2.05) is 43.3 Å². The van der Waals surface area contributed by atoms with Crippen LogP contribution in [0.3, 0.4) is 0 Å². The summed E-state index contributed by atoms with van der Waals surface area (Å²) in [6, 6.07) is 13.9. The molecule has 0 unspecified atom stereocenters. The second-order valence-corrected chi connectivity index (χ2v) is 4.46. The van der Waals surface area contributed by atoms with Gasteiger partial charge in [-0.25, -0.2) is 4.79 Å². The predicted octanol–water partition coefficient (Wildman–Crippen LogP) is 3.49. The Morgan fingerprint density at radius 3 is 1.71 bits per heavy atom. The molecule has 1 radical (unpaired) electrons. The molecule has 2 rings (SSSR count). The van der Waals surface area contributed by atoms with E-state index in [1.165, 1.54) is 12.1 Å². The van der Waals surface area contributed by atoms with Crippen molar-refractivity contribution in [3.05, 3.63) is 54.1 Å². The van der Waals surface area contributed by atoms with Crippen LogP contribution in [-0.4, -0.2) is 54.7 Å². The number of aromatic carboxylic acids is 1. The molecule has 0 heterocycles. The topological polar surface area (TPSA) is 65.3 Å². The van der Waals surface area contributed by atoms with Crippen LogP contribution in [0.25, 0.3) is 0 Å². The molecule has 0 amide bonds. The third-order valence-electron chi connectivity index (χ3n) is 2.76. The van der Waals surface area contributed by atoms with Crippen LogP contribution in [0.2, 0.25) is 0 Å². The van der Waals surface area contributed by atoms with Gasteiger partial charge in [-0.1, -0.05) is 0 Å². The maximum absolute atomic E-state index is 10.7. The number of carboxylic acids is 1. The average molecular weight is 292 g/mol. The maximum atomic E-state index is 10.7. The molecule has 0 aliphatic carbocycles. The number of anilines is 1. The fraction of sp³-hybridized carbons (Fsp3) is 0.133. The van der Waals surface area contributed by atoms with Gasteiger partial charge in [0.1, 0.15) is 0 Å². The van der Waals surface area contributed by atoms with Gasteiger partial charge in [-0.2, -0.15) is 10.2 Å². The SMILES string of the molecule is CN(C)c1ccc(N=Nc2ccc(C(=O)O)cc2)cc1.[Na]. The molecule has 2 aromatic rings. The van der Waals surface area contributed by atoms with E-state index >= 15 is 0 Å². The van der Waals surface area contributed by atoms with Gasteiger partial charge in [-0.15, -0.1) is 0 Å². The van der Waals surface area contributed by atoms with Crippen LogP contribution in [0.1, 0.15) is 10.4 Å². The van der Waals surface area contributed by atoms with Crippen molar-refractivity contribution >= 4 is 52.6 Å². The average Bonchev–Trinajstić information content (AvgIpc) is 2.46. The van der Waals surface area contributed by atoms with Crippen LogP contribution in [0.15, 0.2) is 58.8 Å². The molecule has 0 fully saturated rings. The summed E-state index contributed by atoms with van der Waals surface area (Å²) in [6.45, 7) is 0. The molecule has 0 saturated heterocycles. The predicted molar refractivity (Wildman–Crippen MR) is 84.1 cm³/mol. The summed E-state index contributed by atoms with van der Waals surface area (Å²) in [7, 11) is 3.95. The maximum Gasteiger partial charge on any atom is 0.335 e. The van der Waals surface area contributed by atoms with Gasteiger partial charge in [0.05, 0.1) is 16.9 Å². The van der Waals surface area contributed by atoms with Gasteiger partial charge in [0.25, 0.3) is 0 Å². The van der Waals surface area contributed by atoms with Crippen molar-refractivity contribution in [2.45, 2.75) is 0 Å². The Kier molecular flexibility index (Phi) is 6.55. The minimum absolute atomic E-state index is 0. The van der Waals surface area contributed by atoms with Gasteiger partial charge < -0.3 is 10.0 Å². The molecule has 0 saturated carbocycles. The van der Waals surface area contributed by atoms with Gasteiger partial charge in [0.15, 0.2) is 0 Å². The number of rotatable bonds is 4. The summed E-state index contributed by atoms with van der Waals surface area (Å²) < 4.78 is 0. The van der Waals surface area contributed by atoms with Crippen molar-refractivity contribution in [2.24, 2.45) is 10.2 Å². The van der Waals surface area contributed by atoms with E-state index in [0.29, 0.717) is 5.69 Å². The first-order valence-corrected chi connectivity index (χ1v) is 6.09. The first-order chi connectivity index (χ1) is 9.56. The Morgan fingerprint density at radius 1 is 0.905 bits per heavy atom. The molecule has 6 heteroatoms. The standard InChI is InChI=1S/C15H15N3O2.Na/c1-18(2)14-9-7-13(8-10-14)17-16-12-5-3-11(4-6-12)15(19)20;/h3-10H,1-2H3,(H,19,20);. The Hall–Kier alpha value is -1.69. The van der Waals surface area contributed by atoms with Gasteiger partial charge in [0.2, 0.25) is 0 Å². The first-order valence-electron chi connectivity index (χ1n) is 6.09. The molecule has 103 valence electrons. The fourth-order valence-electron chi connectivity index (χ4n) is 1.60. The largest absolute Gasteiger partial charge is 0.478 e. The molecule has 21 heavy (non-hydrogen) atoms. The van der Waals surface area contributed by atoms with Crippen molar-refractivity contribution in [2.75, 3.05) is 19.0 Å². The van der Waals surface area contributed by atoms with E-state index in [0.717, 1.165) is 11.4 Å². The van der Waals surface area contributed by atoms with Crippen LogP contribution in [-0.2, 0) is 0 Å². The second-order valence-electron chi connectivity index (χ2n) is 4.46. The minimum atomic E-state index is -0.951. The third kappa shape index (κ3) is 4.97. The van der Waals surface area contributed by atoms with Crippen LogP contribution < -0.4 is 4.90 Å². The summed E-state index contributed by atoms with van der Waals surface area (Å²) in [4.78, 5) is 12.7. The molecule has 2 aromatic carbocycles. The van der Waals surface area contributed by atoms with E-state index in [9.17, 15) is 4.79 Å². The molecule has 5 nitrogen and oxygen atoms in total. The number of azo groups is 1. The number of carbonyl (C=O) groups is 1. The van der Waals surface area contributed by atoms with E-state index in [4.69, 9.17) is 5.11 Å². The molecule has 0 aliphatic heterocycles. The number of carboxylic acid groups (broad SMARTS) is 1. The summed E-state index contributed by atoms with van der Waals surface area (Å²) in [6.07, 6.45) is 0. The summed E-state index contributed by atoms with van der Waals surface area (Å²) in [5.41, 5.74) is 2.69. The van der Waals surface area contributed by atoms with E-state index in [-0.39, 0.29) is 35.1 Å². The Bertz CT molecular complexity index is 622. The Labute approximate surface area is 145 Å². The Morgan fingerprint density at radius 2 is 1.33 bits per heavy atom. The normalized spacial score (nSPS) is 10.2. The van der Waals surface area contributed by atoms with Crippen LogP contribution in [0, 0.1) is 0 Å². The summed E-state index contributed by atoms with van der Waals surface area (Å²) >= 11 is 0. The van der Waals surface area contributed by atoms with Crippen molar-refractivity contribution < 1.29 is 9.90 Å². The van der Waals surface area contributed by atoms with Crippen LogP contribution in [0.5, 0.6) is 0 Å². The van der Waals surface area contributed by atoms with E-state index in [2.05, 4.69) is 10.2 Å². The number of hydrogen-bond acceptors (Lipinski definition) is 4. The van der Waals surface area contributed by atoms with E-state index in [1.54, 1.807) is 12.1 Å². The molecular formula is C15H15N3NaO2. The third-order valence-corrected chi connectivity index (χ3v) is 2.76. The number of nitrogens with zero attached hydrogens (tertiary/aromatic N) is 3.